The lowest BCUT2D eigenvalue weighted by Crippen LogP contribution is -2.12. The Morgan fingerprint density at radius 1 is 1.24 bits per heavy atom. The van der Waals surface area contributed by atoms with Crippen molar-refractivity contribution in [3.8, 4) is 0 Å². The van der Waals surface area contributed by atoms with Crippen LogP contribution in [0.3, 0.4) is 0 Å². The fourth-order valence-electron chi connectivity index (χ4n) is 2.14. The number of carboxylic acid groups (broad SMARTS) is 1. The van der Waals surface area contributed by atoms with Crippen LogP contribution in [0.2, 0.25) is 0 Å². The largest absolute Gasteiger partial charge is 0.477 e. The Balaban J connectivity index is 2.50. The van der Waals surface area contributed by atoms with Crippen molar-refractivity contribution in [1.82, 2.24) is 0 Å². The van der Waals surface area contributed by atoms with E-state index in [0.717, 1.165) is 11.3 Å². The fraction of sp³-hybridized carbons (Fsp3) is 0.133. The second kappa shape index (κ2) is 5.62. The zero-order chi connectivity index (χ0) is 15.6. The van der Waals surface area contributed by atoms with Crippen LogP contribution < -0.4 is 4.90 Å². The Hall–Kier alpha value is -2.89. The molecule has 0 spiro atoms. The molecule has 1 N–H and O–H groups in total. The van der Waals surface area contributed by atoms with E-state index in [1.54, 1.807) is 18.0 Å². The van der Waals surface area contributed by atoms with Crippen LogP contribution in [0.1, 0.15) is 15.9 Å². The van der Waals surface area contributed by atoms with Crippen LogP contribution in [-0.4, -0.2) is 23.0 Å². The first-order chi connectivity index (χ1) is 9.91. The number of rotatable bonds is 4. The van der Waals surface area contributed by atoms with Gasteiger partial charge in [-0.3, -0.25) is 10.1 Å². The summed E-state index contributed by atoms with van der Waals surface area (Å²) in [5.41, 5.74) is 1.74. The molecule has 0 amide bonds. The van der Waals surface area contributed by atoms with E-state index in [0.29, 0.717) is 5.69 Å². The molecule has 0 fully saturated rings. The van der Waals surface area contributed by atoms with Gasteiger partial charge in [-0.05, 0) is 30.7 Å². The average molecular weight is 286 g/mol. The van der Waals surface area contributed by atoms with Crippen LogP contribution in [0.15, 0.2) is 42.5 Å². The topological polar surface area (TPSA) is 83.7 Å². The molecule has 0 aliphatic heterocycles. The molecule has 0 atom stereocenters. The first-order valence-electron chi connectivity index (χ1n) is 6.23. The Morgan fingerprint density at radius 2 is 1.90 bits per heavy atom. The Morgan fingerprint density at radius 3 is 2.48 bits per heavy atom. The predicted octanol–water partition coefficient (Wildman–Crippen LogP) is 3.37. The highest BCUT2D eigenvalue weighted by atomic mass is 16.6. The Kier molecular flexibility index (Phi) is 3.89. The molecule has 0 unspecified atom stereocenters. The summed E-state index contributed by atoms with van der Waals surface area (Å²) in [6.07, 6.45) is 0. The van der Waals surface area contributed by atoms with Crippen LogP contribution in [0.25, 0.3) is 0 Å². The van der Waals surface area contributed by atoms with Gasteiger partial charge in [0.15, 0.2) is 0 Å². The molecule has 0 radical (unpaired) electrons. The fourth-order valence-corrected chi connectivity index (χ4v) is 2.14. The number of hydrogen-bond acceptors (Lipinski definition) is 4. The molecule has 0 bridgehead atoms. The molecule has 6 heteroatoms. The number of nitrogens with zero attached hydrogens (tertiary/aromatic N) is 2. The summed E-state index contributed by atoms with van der Waals surface area (Å²) in [6.45, 7) is 1.94. The molecule has 0 saturated heterocycles. The maximum Gasteiger partial charge on any atom is 0.342 e. The van der Waals surface area contributed by atoms with Crippen molar-refractivity contribution in [3.63, 3.8) is 0 Å². The van der Waals surface area contributed by atoms with E-state index in [2.05, 4.69) is 0 Å². The van der Waals surface area contributed by atoms with Crippen molar-refractivity contribution in [2.24, 2.45) is 0 Å². The van der Waals surface area contributed by atoms with Crippen molar-refractivity contribution in [3.05, 3.63) is 63.7 Å². The molecule has 2 aromatic rings. The summed E-state index contributed by atoms with van der Waals surface area (Å²) in [4.78, 5) is 23.1. The van der Waals surface area contributed by atoms with Crippen molar-refractivity contribution >= 4 is 23.0 Å². The first kappa shape index (κ1) is 14.5. The van der Waals surface area contributed by atoms with Crippen molar-refractivity contribution in [1.29, 1.82) is 0 Å². The molecular formula is C15H14N2O4. The van der Waals surface area contributed by atoms with E-state index < -0.39 is 16.6 Å². The normalized spacial score (nSPS) is 10.2. The average Bonchev–Trinajstić information content (AvgIpc) is 2.46. The van der Waals surface area contributed by atoms with Crippen molar-refractivity contribution < 1.29 is 14.8 Å². The van der Waals surface area contributed by atoms with Crippen LogP contribution in [0, 0.1) is 17.0 Å². The summed E-state index contributed by atoms with van der Waals surface area (Å²) < 4.78 is 0. The van der Waals surface area contributed by atoms with Gasteiger partial charge < -0.3 is 10.0 Å². The highest BCUT2D eigenvalue weighted by molar-refractivity contribution is 5.93. The summed E-state index contributed by atoms with van der Waals surface area (Å²) in [6, 6.07) is 11.7. The number of nitro benzene ring substituents is 1. The molecule has 21 heavy (non-hydrogen) atoms. The van der Waals surface area contributed by atoms with E-state index in [4.69, 9.17) is 5.11 Å². The van der Waals surface area contributed by atoms with Crippen LogP contribution in [-0.2, 0) is 0 Å². The molecule has 6 nitrogen and oxygen atoms in total. The van der Waals surface area contributed by atoms with Crippen LogP contribution >= 0.6 is 0 Å². The molecule has 2 aromatic carbocycles. The maximum atomic E-state index is 11.0. The second-order valence-electron chi connectivity index (χ2n) is 4.61. The molecule has 0 aliphatic rings. The third-order valence-electron chi connectivity index (χ3n) is 3.27. The van der Waals surface area contributed by atoms with Crippen molar-refractivity contribution in [2.45, 2.75) is 6.92 Å². The zero-order valence-electron chi connectivity index (χ0n) is 11.6. The summed E-state index contributed by atoms with van der Waals surface area (Å²) in [5.74, 6) is -1.31. The van der Waals surface area contributed by atoms with Crippen molar-refractivity contribution in [2.75, 3.05) is 11.9 Å². The lowest BCUT2D eigenvalue weighted by atomic mass is 10.1. The third-order valence-corrected chi connectivity index (χ3v) is 3.27. The third kappa shape index (κ3) is 2.84. The number of hydrogen-bond donors (Lipinski definition) is 1. The number of nitro groups is 1. The summed E-state index contributed by atoms with van der Waals surface area (Å²) in [7, 11) is 1.78. The zero-order valence-corrected chi connectivity index (χ0v) is 11.6. The second-order valence-corrected chi connectivity index (χ2v) is 4.61. The van der Waals surface area contributed by atoms with Gasteiger partial charge in [0.05, 0.1) is 4.92 Å². The van der Waals surface area contributed by atoms with E-state index in [9.17, 15) is 14.9 Å². The number of para-hydroxylation sites is 1. The summed E-state index contributed by atoms with van der Waals surface area (Å²) in [5, 5.41) is 20.0. The van der Waals surface area contributed by atoms with Crippen LogP contribution in [0.4, 0.5) is 17.1 Å². The van der Waals surface area contributed by atoms with Gasteiger partial charge in [0.1, 0.15) is 5.56 Å². The monoisotopic (exact) mass is 286 g/mol. The highest BCUT2D eigenvalue weighted by Gasteiger charge is 2.21. The smallest absolute Gasteiger partial charge is 0.342 e. The molecule has 2 rings (SSSR count). The number of aromatic carboxylic acids is 1. The predicted molar refractivity (Wildman–Crippen MR) is 79.3 cm³/mol. The first-order valence-corrected chi connectivity index (χ1v) is 6.23. The van der Waals surface area contributed by atoms with Gasteiger partial charge in [-0.25, -0.2) is 4.79 Å². The van der Waals surface area contributed by atoms with E-state index in [1.165, 1.54) is 12.1 Å². The molecule has 0 heterocycles. The van der Waals surface area contributed by atoms with Gasteiger partial charge >= 0.3 is 5.97 Å². The standard InChI is InChI=1S/C15H14N2O4/c1-10-5-3-4-6-13(10)16(2)11-7-8-12(15(18)19)14(9-11)17(20)21/h3-9H,1-2H3,(H,18,19). The van der Waals surface area contributed by atoms with Crippen LogP contribution in [0.5, 0.6) is 0 Å². The quantitative estimate of drug-likeness (QED) is 0.688. The Labute approximate surface area is 121 Å². The number of carboxylic acids is 1. The lowest BCUT2D eigenvalue weighted by Gasteiger charge is -2.21. The minimum atomic E-state index is -1.31. The van der Waals surface area contributed by atoms with E-state index in [1.807, 2.05) is 31.2 Å². The van der Waals surface area contributed by atoms with Gasteiger partial charge in [-0.1, -0.05) is 18.2 Å². The number of carbonyl (C=O) groups is 1. The van der Waals surface area contributed by atoms with Gasteiger partial charge in [0.25, 0.3) is 5.69 Å². The summed E-state index contributed by atoms with van der Waals surface area (Å²) >= 11 is 0. The van der Waals surface area contributed by atoms with E-state index >= 15 is 0 Å². The number of aryl methyl sites for hydroxylation is 1. The minimum Gasteiger partial charge on any atom is -0.477 e. The van der Waals surface area contributed by atoms with E-state index in [-0.39, 0.29) is 5.56 Å². The highest BCUT2D eigenvalue weighted by Crippen LogP contribution is 2.30. The van der Waals surface area contributed by atoms with Gasteiger partial charge in [0.2, 0.25) is 0 Å². The van der Waals surface area contributed by atoms with Gasteiger partial charge in [0, 0.05) is 24.5 Å². The lowest BCUT2D eigenvalue weighted by molar-refractivity contribution is -0.385. The van der Waals surface area contributed by atoms with Gasteiger partial charge in [-0.15, -0.1) is 0 Å². The maximum absolute atomic E-state index is 11.0. The van der Waals surface area contributed by atoms with Gasteiger partial charge in [-0.2, -0.15) is 0 Å². The minimum absolute atomic E-state index is 0.318. The number of anilines is 2. The Bertz CT molecular complexity index is 713. The molecule has 0 aromatic heterocycles. The molecule has 108 valence electrons. The molecular weight excluding hydrogens is 272 g/mol. The number of benzene rings is 2. The molecule has 0 aliphatic carbocycles. The molecule has 0 saturated carbocycles. The SMILES string of the molecule is Cc1ccccc1N(C)c1ccc(C(=O)O)c([N+](=O)[O-])c1.